The van der Waals surface area contributed by atoms with Crippen LogP contribution in [0.15, 0.2) is 127 Å². The molecule has 0 aliphatic carbocycles. The molecule has 184 valence electrons. The van der Waals surface area contributed by atoms with Gasteiger partial charge in [-0.25, -0.2) is 4.98 Å². The molecule has 0 spiro atoms. The van der Waals surface area contributed by atoms with Crippen LogP contribution in [-0.2, 0) is 0 Å². The molecule has 0 saturated carbocycles. The maximum atomic E-state index is 6.46. The van der Waals surface area contributed by atoms with Gasteiger partial charge in [0.1, 0.15) is 0 Å². The van der Waals surface area contributed by atoms with Crippen LogP contribution < -0.4 is 9.47 Å². The number of ether oxygens (including phenoxy) is 2. The van der Waals surface area contributed by atoms with Gasteiger partial charge in [0.25, 0.3) is 0 Å². The van der Waals surface area contributed by atoms with E-state index in [2.05, 4.69) is 84.9 Å². The van der Waals surface area contributed by atoms with Crippen molar-refractivity contribution in [3.63, 3.8) is 0 Å². The SMILES string of the molecule is c1ccc(-c2cc(-c3ccc4c(c3)Oc3cc5c(cc3O4)sc3ccccc35)cc(-c3ccccc3)n2)cc1. The van der Waals surface area contributed by atoms with Crippen LogP contribution in [0.1, 0.15) is 0 Å². The summed E-state index contributed by atoms with van der Waals surface area (Å²) in [6.07, 6.45) is 0. The average Bonchev–Trinajstić information content (AvgIpc) is 3.36. The lowest BCUT2D eigenvalue weighted by atomic mass is 9.99. The monoisotopic (exact) mass is 519 g/mol. The predicted octanol–water partition coefficient (Wildman–Crippen LogP) is 10.3. The third kappa shape index (κ3) is 3.85. The van der Waals surface area contributed by atoms with Crippen LogP contribution in [0.3, 0.4) is 0 Å². The van der Waals surface area contributed by atoms with E-state index in [1.807, 2.05) is 42.5 Å². The third-order valence-electron chi connectivity index (χ3n) is 7.12. The summed E-state index contributed by atoms with van der Waals surface area (Å²) in [5.74, 6) is 2.90. The third-order valence-corrected chi connectivity index (χ3v) is 8.26. The molecule has 0 unspecified atom stereocenters. The Balaban J connectivity index is 1.23. The molecule has 3 heterocycles. The Morgan fingerprint density at radius 2 is 1.03 bits per heavy atom. The van der Waals surface area contributed by atoms with Gasteiger partial charge in [0.2, 0.25) is 0 Å². The Morgan fingerprint density at radius 3 is 1.77 bits per heavy atom. The molecule has 0 fully saturated rings. The molecule has 4 heteroatoms. The molecule has 0 atom stereocenters. The van der Waals surface area contributed by atoms with E-state index in [4.69, 9.17) is 14.5 Å². The first-order valence-corrected chi connectivity index (χ1v) is 13.7. The molecule has 3 nitrogen and oxygen atoms in total. The van der Waals surface area contributed by atoms with Crippen LogP contribution >= 0.6 is 11.3 Å². The minimum Gasteiger partial charge on any atom is -0.449 e. The first-order valence-electron chi connectivity index (χ1n) is 12.9. The minimum absolute atomic E-state index is 0.707. The number of hydrogen-bond acceptors (Lipinski definition) is 4. The molecule has 5 aromatic carbocycles. The summed E-state index contributed by atoms with van der Waals surface area (Å²) in [7, 11) is 0. The quantitative estimate of drug-likeness (QED) is 0.233. The Kier molecular flexibility index (Phi) is 5.00. The van der Waals surface area contributed by atoms with Crippen LogP contribution in [0.2, 0.25) is 0 Å². The molecule has 1 aliphatic heterocycles. The fourth-order valence-corrected chi connectivity index (χ4v) is 6.31. The van der Waals surface area contributed by atoms with Crippen molar-refractivity contribution in [3.8, 4) is 56.6 Å². The highest BCUT2D eigenvalue weighted by atomic mass is 32.1. The second kappa shape index (κ2) is 8.83. The van der Waals surface area contributed by atoms with E-state index in [1.165, 1.54) is 20.2 Å². The van der Waals surface area contributed by atoms with Gasteiger partial charge in [-0.05, 0) is 47.5 Å². The van der Waals surface area contributed by atoms with Crippen LogP contribution in [0, 0.1) is 0 Å². The lowest BCUT2D eigenvalue weighted by Crippen LogP contribution is -1.99. The smallest absolute Gasteiger partial charge is 0.171 e. The summed E-state index contributed by atoms with van der Waals surface area (Å²) in [6.45, 7) is 0. The first-order chi connectivity index (χ1) is 19.3. The molecule has 0 amide bonds. The molecule has 39 heavy (non-hydrogen) atoms. The van der Waals surface area contributed by atoms with Crippen molar-refractivity contribution in [3.05, 3.63) is 127 Å². The molecular weight excluding hydrogens is 498 g/mol. The molecule has 0 bridgehead atoms. The maximum absolute atomic E-state index is 6.46. The van der Waals surface area contributed by atoms with Gasteiger partial charge < -0.3 is 9.47 Å². The van der Waals surface area contributed by atoms with E-state index >= 15 is 0 Å². The number of rotatable bonds is 3. The van der Waals surface area contributed by atoms with Gasteiger partial charge in [-0.15, -0.1) is 11.3 Å². The van der Waals surface area contributed by atoms with Gasteiger partial charge >= 0.3 is 0 Å². The van der Waals surface area contributed by atoms with Crippen molar-refractivity contribution in [2.24, 2.45) is 0 Å². The molecule has 0 saturated heterocycles. The van der Waals surface area contributed by atoms with Gasteiger partial charge in [-0.2, -0.15) is 0 Å². The number of aromatic nitrogens is 1. The van der Waals surface area contributed by atoms with Crippen molar-refractivity contribution in [1.82, 2.24) is 4.98 Å². The summed E-state index contributed by atoms with van der Waals surface area (Å²) in [5.41, 5.74) is 6.13. The van der Waals surface area contributed by atoms with Gasteiger partial charge in [0.05, 0.1) is 11.4 Å². The van der Waals surface area contributed by atoms with E-state index in [9.17, 15) is 0 Å². The fourth-order valence-electron chi connectivity index (χ4n) is 5.19. The molecule has 0 N–H and O–H groups in total. The molecular formula is C35H21NO2S. The fraction of sp³-hybridized carbons (Fsp3) is 0. The van der Waals surface area contributed by atoms with Gasteiger partial charge in [-0.3, -0.25) is 0 Å². The van der Waals surface area contributed by atoms with E-state index in [0.29, 0.717) is 11.5 Å². The van der Waals surface area contributed by atoms with Crippen LogP contribution in [0.5, 0.6) is 23.0 Å². The summed E-state index contributed by atoms with van der Waals surface area (Å²) < 4.78 is 15.2. The number of benzene rings is 5. The summed E-state index contributed by atoms with van der Waals surface area (Å²) >= 11 is 1.77. The van der Waals surface area contributed by atoms with Crippen molar-refractivity contribution in [2.45, 2.75) is 0 Å². The lowest BCUT2D eigenvalue weighted by Gasteiger charge is -2.21. The van der Waals surface area contributed by atoms with E-state index in [1.54, 1.807) is 11.3 Å². The normalized spacial score (nSPS) is 12.0. The average molecular weight is 520 g/mol. The van der Waals surface area contributed by atoms with E-state index in [0.717, 1.165) is 45.1 Å². The van der Waals surface area contributed by atoms with Crippen molar-refractivity contribution in [1.29, 1.82) is 0 Å². The van der Waals surface area contributed by atoms with E-state index in [-0.39, 0.29) is 0 Å². The molecule has 2 aromatic heterocycles. The Bertz CT molecular complexity index is 1950. The molecule has 0 radical (unpaired) electrons. The number of nitrogens with zero attached hydrogens (tertiary/aromatic N) is 1. The summed E-state index contributed by atoms with van der Waals surface area (Å²) in [5, 5.41) is 2.42. The number of thiophene rings is 1. The standard InChI is InChI=1S/C35H21NO2S/c1-3-9-22(10-4-1)28-17-25(18-29(36-28)23-11-5-2-6-12-23)24-15-16-30-31(19-24)38-32-20-27-26-13-7-8-14-34(26)39-35(27)21-33(32)37-30/h1-21H. The lowest BCUT2D eigenvalue weighted by molar-refractivity contribution is 0.360. The minimum atomic E-state index is 0.707. The zero-order valence-corrected chi connectivity index (χ0v) is 21.6. The highest BCUT2D eigenvalue weighted by Crippen LogP contribution is 2.50. The number of fused-ring (bicyclic) bond motifs is 5. The Morgan fingerprint density at radius 1 is 0.410 bits per heavy atom. The van der Waals surface area contributed by atoms with E-state index < -0.39 is 0 Å². The Hall–Kier alpha value is -4.93. The largest absolute Gasteiger partial charge is 0.449 e. The van der Waals surface area contributed by atoms with Crippen LogP contribution in [0.25, 0.3) is 53.8 Å². The first kappa shape index (κ1) is 22.1. The van der Waals surface area contributed by atoms with Gasteiger partial charge in [-0.1, -0.05) is 84.9 Å². The summed E-state index contributed by atoms with van der Waals surface area (Å²) in [6, 6.07) is 43.7. The highest BCUT2D eigenvalue weighted by Gasteiger charge is 2.22. The van der Waals surface area contributed by atoms with Crippen molar-refractivity contribution < 1.29 is 9.47 Å². The van der Waals surface area contributed by atoms with Crippen LogP contribution in [-0.4, -0.2) is 4.98 Å². The topological polar surface area (TPSA) is 31.4 Å². The van der Waals surface area contributed by atoms with Crippen molar-refractivity contribution in [2.75, 3.05) is 0 Å². The van der Waals surface area contributed by atoms with Gasteiger partial charge in [0.15, 0.2) is 23.0 Å². The van der Waals surface area contributed by atoms with Gasteiger partial charge in [0, 0.05) is 37.4 Å². The van der Waals surface area contributed by atoms with Crippen LogP contribution in [0.4, 0.5) is 0 Å². The van der Waals surface area contributed by atoms with Crippen molar-refractivity contribution >= 4 is 31.5 Å². The second-order valence-electron chi connectivity index (χ2n) is 9.62. The zero-order valence-electron chi connectivity index (χ0n) is 20.8. The number of hydrogen-bond donors (Lipinski definition) is 0. The summed E-state index contributed by atoms with van der Waals surface area (Å²) in [4.78, 5) is 5.01. The molecule has 1 aliphatic rings. The highest BCUT2D eigenvalue weighted by molar-refractivity contribution is 7.25. The maximum Gasteiger partial charge on any atom is 0.171 e. The Labute approximate surface area is 229 Å². The molecule has 8 rings (SSSR count). The predicted molar refractivity (Wildman–Crippen MR) is 160 cm³/mol. The zero-order chi connectivity index (χ0) is 25.8. The molecule has 7 aromatic rings. The number of pyridine rings is 1. The second-order valence-corrected chi connectivity index (χ2v) is 10.7.